The van der Waals surface area contributed by atoms with Gasteiger partial charge in [0.15, 0.2) is 5.96 Å². The largest absolute Gasteiger partial charge is 0.386 e. The number of guanidine groups is 1. The van der Waals surface area contributed by atoms with Gasteiger partial charge >= 0.3 is 0 Å². The van der Waals surface area contributed by atoms with Crippen LogP contribution in [0.1, 0.15) is 30.9 Å². The number of aliphatic hydroxyl groups excluding tert-OH is 1. The Hall–Kier alpha value is -1.26. The third-order valence-electron chi connectivity index (χ3n) is 3.49. The number of aliphatic hydroxyl groups is 1. The van der Waals surface area contributed by atoms with Gasteiger partial charge in [-0.2, -0.15) is 0 Å². The monoisotopic (exact) mass is 281 g/mol. The van der Waals surface area contributed by atoms with Crippen molar-refractivity contribution in [3.05, 3.63) is 34.9 Å². The molecule has 0 aliphatic heterocycles. The Morgan fingerprint density at radius 2 is 2.11 bits per heavy atom. The first-order chi connectivity index (χ1) is 9.15. The van der Waals surface area contributed by atoms with Crippen molar-refractivity contribution in [2.45, 2.75) is 25.4 Å². The molecule has 4 N–H and O–H groups in total. The first-order valence-electron chi connectivity index (χ1n) is 6.62. The highest BCUT2D eigenvalue weighted by Crippen LogP contribution is 2.25. The van der Waals surface area contributed by atoms with E-state index in [1.165, 1.54) is 19.3 Å². The minimum atomic E-state index is -0.652. The number of nitrogens with two attached hydrogens (primary N) is 1. The van der Waals surface area contributed by atoms with Gasteiger partial charge in [-0.05, 0) is 36.5 Å². The molecular formula is C14H20ClN3O. The normalized spacial score (nSPS) is 17.9. The smallest absolute Gasteiger partial charge is 0.188 e. The van der Waals surface area contributed by atoms with Gasteiger partial charge in [0, 0.05) is 11.6 Å². The molecule has 5 heteroatoms. The van der Waals surface area contributed by atoms with Gasteiger partial charge in [-0.25, -0.2) is 0 Å². The van der Waals surface area contributed by atoms with E-state index in [4.69, 9.17) is 17.3 Å². The zero-order valence-electron chi connectivity index (χ0n) is 10.8. The van der Waals surface area contributed by atoms with Crippen LogP contribution >= 0.6 is 11.6 Å². The Morgan fingerprint density at radius 3 is 2.68 bits per heavy atom. The summed E-state index contributed by atoms with van der Waals surface area (Å²) >= 11 is 5.79. The fraction of sp³-hybridized carbons (Fsp3) is 0.500. The van der Waals surface area contributed by atoms with Crippen LogP contribution in [0.25, 0.3) is 0 Å². The quantitative estimate of drug-likeness (QED) is 0.572. The molecule has 1 aliphatic carbocycles. The lowest BCUT2D eigenvalue weighted by Crippen LogP contribution is -2.37. The van der Waals surface area contributed by atoms with Crippen LogP contribution in [-0.4, -0.2) is 24.2 Å². The fourth-order valence-corrected chi connectivity index (χ4v) is 2.10. The molecule has 0 radical (unpaired) electrons. The summed E-state index contributed by atoms with van der Waals surface area (Å²) < 4.78 is 0. The Labute approximate surface area is 118 Å². The van der Waals surface area contributed by atoms with Gasteiger partial charge in [0.25, 0.3) is 0 Å². The van der Waals surface area contributed by atoms with Gasteiger partial charge in [0.1, 0.15) is 0 Å². The van der Waals surface area contributed by atoms with Crippen LogP contribution in [0.3, 0.4) is 0 Å². The molecule has 0 amide bonds. The molecule has 1 aliphatic rings. The molecule has 1 unspecified atom stereocenters. The van der Waals surface area contributed by atoms with Crippen molar-refractivity contribution in [1.29, 1.82) is 0 Å². The van der Waals surface area contributed by atoms with Crippen molar-refractivity contribution in [3.8, 4) is 0 Å². The van der Waals surface area contributed by atoms with Crippen molar-refractivity contribution < 1.29 is 5.11 Å². The molecule has 0 spiro atoms. The van der Waals surface area contributed by atoms with Gasteiger partial charge in [0.05, 0.1) is 12.6 Å². The van der Waals surface area contributed by atoms with E-state index < -0.39 is 6.10 Å². The van der Waals surface area contributed by atoms with E-state index in [-0.39, 0.29) is 6.54 Å². The van der Waals surface area contributed by atoms with Crippen molar-refractivity contribution in [2.24, 2.45) is 16.6 Å². The average molecular weight is 282 g/mol. The molecule has 1 aromatic carbocycles. The first kappa shape index (κ1) is 14.2. The maximum Gasteiger partial charge on any atom is 0.188 e. The van der Waals surface area contributed by atoms with E-state index in [1.807, 2.05) is 0 Å². The number of nitrogens with one attached hydrogen (secondary N) is 1. The number of benzene rings is 1. The number of aliphatic imine (C=N–C) groups is 1. The molecule has 0 heterocycles. The maximum absolute atomic E-state index is 9.96. The average Bonchev–Trinajstić information content (AvgIpc) is 2.35. The number of halogens is 1. The van der Waals surface area contributed by atoms with Crippen molar-refractivity contribution >= 4 is 17.6 Å². The summed E-state index contributed by atoms with van der Waals surface area (Å²) in [7, 11) is 0. The van der Waals surface area contributed by atoms with Gasteiger partial charge in [-0.1, -0.05) is 30.2 Å². The molecular weight excluding hydrogens is 262 g/mol. The van der Waals surface area contributed by atoms with Crippen molar-refractivity contribution in [3.63, 3.8) is 0 Å². The molecule has 1 aromatic rings. The second kappa shape index (κ2) is 6.78. The Bertz CT molecular complexity index is 429. The third-order valence-corrected chi connectivity index (χ3v) is 3.74. The number of rotatable bonds is 5. The van der Waals surface area contributed by atoms with Crippen LogP contribution in [0, 0.1) is 5.92 Å². The molecule has 2 rings (SSSR count). The van der Waals surface area contributed by atoms with Gasteiger partial charge < -0.3 is 16.2 Å². The van der Waals surface area contributed by atoms with Crippen LogP contribution in [0.15, 0.2) is 29.3 Å². The van der Waals surface area contributed by atoms with E-state index in [0.717, 1.165) is 18.0 Å². The van der Waals surface area contributed by atoms with E-state index in [0.29, 0.717) is 11.0 Å². The SMILES string of the molecule is NC(=NCC(O)c1ccc(Cl)cc1)NCC1CCC1. The maximum atomic E-state index is 9.96. The minimum absolute atomic E-state index is 0.255. The van der Waals surface area contributed by atoms with E-state index in [9.17, 15) is 5.11 Å². The highest BCUT2D eigenvalue weighted by molar-refractivity contribution is 6.30. The summed E-state index contributed by atoms with van der Waals surface area (Å²) in [4.78, 5) is 4.15. The molecule has 1 fully saturated rings. The second-order valence-electron chi connectivity index (χ2n) is 4.97. The molecule has 0 saturated heterocycles. The molecule has 0 bridgehead atoms. The lowest BCUT2D eigenvalue weighted by Gasteiger charge is -2.25. The Morgan fingerprint density at radius 1 is 1.42 bits per heavy atom. The summed E-state index contributed by atoms with van der Waals surface area (Å²) in [5.41, 5.74) is 6.55. The highest BCUT2D eigenvalue weighted by atomic mass is 35.5. The van der Waals surface area contributed by atoms with Crippen LogP contribution < -0.4 is 11.1 Å². The number of nitrogens with zero attached hydrogens (tertiary/aromatic N) is 1. The lowest BCUT2D eigenvalue weighted by molar-refractivity contribution is 0.187. The van der Waals surface area contributed by atoms with Crippen molar-refractivity contribution in [1.82, 2.24) is 5.32 Å². The third kappa shape index (κ3) is 4.40. The molecule has 19 heavy (non-hydrogen) atoms. The van der Waals surface area contributed by atoms with Crippen LogP contribution in [-0.2, 0) is 0 Å². The van der Waals surface area contributed by atoms with E-state index >= 15 is 0 Å². The summed E-state index contributed by atoms with van der Waals surface area (Å²) in [6.07, 6.45) is 3.21. The first-order valence-corrected chi connectivity index (χ1v) is 7.00. The van der Waals surface area contributed by atoms with E-state index in [2.05, 4.69) is 10.3 Å². The predicted molar refractivity (Wildman–Crippen MR) is 78.2 cm³/mol. The second-order valence-corrected chi connectivity index (χ2v) is 5.41. The van der Waals surface area contributed by atoms with E-state index in [1.54, 1.807) is 24.3 Å². The summed E-state index contributed by atoms with van der Waals surface area (Å²) in [6.45, 7) is 1.14. The standard InChI is InChI=1S/C14H20ClN3O/c15-12-6-4-11(5-7-12)13(19)9-18-14(16)17-8-10-2-1-3-10/h4-7,10,13,19H,1-3,8-9H2,(H3,16,17,18). The van der Waals surface area contributed by atoms with Gasteiger partial charge in [-0.3, -0.25) is 4.99 Å². The Kier molecular flexibility index (Phi) is 5.05. The molecule has 1 atom stereocenters. The van der Waals surface area contributed by atoms with Crippen LogP contribution in [0.4, 0.5) is 0 Å². The van der Waals surface area contributed by atoms with Gasteiger partial charge in [-0.15, -0.1) is 0 Å². The zero-order valence-corrected chi connectivity index (χ0v) is 11.6. The zero-order chi connectivity index (χ0) is 13.7. The molecule has 1 saturated carbocycles. The highest BCUT2D eigenvalue weighted by Gasteiger charge is 2.16. The summed E-state index contributed by atoms with van der Waals surface area (Å²) in [5.74, 6) is 1.13. The van der Waals surface area contributed by atoms with Crippen LogP contribution in [0.2, 0.25) is 5.02 Å². The molecule has 0 aromatic heterocycles. The van der Waals surface area contributed by atoms with Gasteiger partial charge in [0.2, 0.25) is 0 Å². The molecule has 104 valence electrons. The summed E-state index contributed by atoms with van der Waals surface area (Å²) in [5, 5.41) is 13.7. The molecule has 4 nitrogen and oxygen atoms in total. The van der Waals surface area contributed by atoms with Crippen LogP contribution in [0.5, 0.6) is 0 Å². The number of hydrogen-bond donors (Lipinski definition) is 3. The fourth-order valence-electron chi connectivity index (χ4n) is 1.98. The topological polar surface area (TPSA) is 70.6 Å². The number of hydrogen-bond acceptors (Lipinski definition) is 2. The lowest BCUT2D eigenvalue weighted by atomic mass is 9.85. The Balaban J connectivity index is 1.77. The van der Waals surface area contributed by atoms with Crippen molar-refractivity contribution in [2.75, 3.05) is 13.1 Å². The minimum Gasteiger partial charge on any atom is -0.386 e. The summed E-state index contributed by atoms with van der Waals surface area (Å²) in [6, 6.07) is 7.09. The predicted octanol–water partition coefficient (Wildman–Crippen LogP) is 2.08.